The van der Waals surface area contributed by atoms with Gasteiger partial charge in [-0.1, -0.05) is 6.07 Å². The SMILES string of the molecule is COC[C@@H]1Cn2ncc(S(N)(=O)=NC(=O)Nc3c4c(cc5c3C[C@H](F)C5)CCC4)c2O1. The van der Waals surface area contributed by atoms with Gasteiger partial charge in [-0.15, -0.1) is 4.36 Å². The number of hydrogen-bond acceptors (Lipinski definition) is 5. The fraction of sp³-hybridized carbons (Fsp3) is 0.500. The van der Waals surface area contributed by atoms with Gasteiger partial charge in [-0.05, 0) is 41.5 Å². The van der Waals surface area contributed by atoms with E-state index >= 15 is 0 Å². The standard InChI is InChI=1S/C20H24FN5O4S/c1-29-10-14-9-26-19(30-14)17(8-23-26)31(22,28)25-20(27)24-18-15-4-2-3-11(15)5-12-6-13(21)7-16(12)18/h5,8,13-14H,2-4,6-7,9-10H2,1H3,(H3,22,24,25,27,28)/t13-,14+,31?/m1/s1. The molecule has 2 heterocycles. The highest BCUT2D eigenvalue weighted by Crippen LogP contribution is 2.39. The molecule has 0 bridgehead atoms. The van der Waals surface area contributed by atoms with Gasteiger partial charge in [-0.2, -0.15) is 5.10 Å². The second-order valence-electron chi connectivity index (χ2n) is 8.17. The summed E-state index contributed by atoms with van der Waals surface area (Å²) in [6, 6.07) is 1.23. The largest absolute Gasteiger partial charge is 0.469 e. The van der Waals surface area contributed by atoms with E-state index in [4.69, 9.17) is 14.6 Å². The molecule has 0 spiro atoms. The molecule has 1 aromatic carbocycles. The molecule has 3 aliphatic rings. The number of urea groups is 1. The molecule has 2 aliphatic carbocycles. The maximum absolute atomic E-state index is 14.1. The molecule has 11 heteroatoms. The Labute approximate surface area is 179 Å². The second-order valence-corrected chi connectivity index (χ2v) is 9.93. The van der Waals surface area contributed by atoms with E-state index in [0.29, 0.717) is 25.3 Å². The average Bonchev–Trinajstić information content (AvgIpc) is 3.43. The fourth-order valence-electron chi connectivity index (χ4n) is 4.72. The molecule has 0 saturated carbocycles. The van der Waals surface area contributed by atoms with Gasteiger partial charge in [0.1, 0.15) is 17.2 Å². The number of nitrogens with zero attached hydrogens (tertiary/aromatic N) is 3. The van der Waals surface area contributed by atoms with Gasteiger partial charge in [0.2, 0.25) is 5.88 Å². The van der Waals surface area contributed by atoms with Crippen LogP contribution in [0.5, 0.6) is 5.88 Å². The lowest BCUT2D eigenvalue weighted by molar-refractivity contribution is 0.0920. The quantitative estimate of drug-likeness (QED) is 0.741. The molecule has 0 fully saturated rings. The summed E-state index contributed by atoms with van der Waals surface area (Å²) in [5.74, 6) is 0.230. The van der Waals surface area contributed by atoms with Crippen LogP contribution in [0.15, 0.2) is 21.5 Å². The Bertz CT molecular complexity index is 1190. The number of carbonyl (C=O) groups is 1. The number of rotatable bonds is 4. The molecule has 2 amide bonds. The first kappa shape index (κ1) is 20.4. The molecule has 1 aliphatic heterocycles. The smallest absolute Gasteiger partial charge is 0.354 e. The lowest BCUT2D eigenvalue weighted by Crippen LogP contribution is -2.22. The van der Waals surface area contributed by atoms with E-state index in [0.717, 1.165) is 41.5 Å². The molecule has 0 radical (unpaired) electrons. The Balaban J connectivity index is 1.44. The molecule has 5 rings (SSSR count). The lowest BCUT2D eigenvalue weighted by atomic mass is 9.99. The van der Waals surface area contributed by atoms with Crippen molar-refractivity contribution in [3.63, 3.8) is 0 Å². The molecule has 0 saturated heterocycles. The van der Waals surface area contributed by atoms with Gasteiger partial charge in [0.25, 0.3) is 0 Å². The summed E-state index contributed by atoms with van der Waals surface area (Å²) in [5, 5.41) is 12.8. The predicted octanol–water partition coefficient (Wildman–Crippen LogP) is 2.15. The van der Waals surface area contributed by atoms with Crippen molar-refractivity contribution in [2.45, 2.75) is 55.8 Å². The number of amides is 2. The third-order valence-corrected chi connectivity index (χ3v) is 7.35. The van der Waals surface area contributed by atoms with E-state index in [-0.39, 0.29) is 23.3 Å². The van der Waals surface area contributed by atoms with E-state index < -0.39 is 22.1 Å². The molecular formula is C20H24FN5O4S. The van der Waals surface area contributed by atoms with Crippen LogP contribution in [-0.2, 0) is 46.9 Å². The summed E-state index contributed by atoms with van der Waals surface area (Å²) in [7, 11) is -2.04. The zero-order chi connectivity index (χ0) is 21.8. The third kappa shape index (κ3) is 3.60. The Hall–Kier alpha value is -2.50. The topological polar surface area (TPSA) is 121 Å². The van der Waals surface area contributed by atoms with E-state index in [1.165, 1.54) is 10.9 Å². The van der Waals surface area contributed by atoms with Crippen LogP contribution in [0.25, 0.3) is 0 Å². The molecular weight excluding hydrogens is 425 g/mol. The Morgan fingerprint density at radius 2 is 2.26 bits per heavy atom. The zero-order valence-electron chi connectivity index (χ0n) is 17.1. The van der Waals surface area contributed by atoms with Crippen molar-refractivity contribution < 1.29 is 22.9 Å². The molecule has 31 heavy (non-hydrogen) atoms. The monoisotopic (exact) mass is 449 g/mol. The van der Waals surface area contributed by atoms with Gasteiger partial charge < -0.3 is 14.8 Å². The number of methoxy groups -OCH3 is 1. The number of aromatic nitrogens is 2. The molecule has 3 atom stereocenters. The summed E-state index contributed by atoms with van der Waals surface area (Å²) in [4.78, 5) is 12.8. The minimum atomic E-state index is -3.60. The van der Waals surface area contributed by atoms with Gasteiger partial charge in [-0.3, -0.25) is 0 Å². The van der Waals surface area contributed by atoms with Crippen molar-refractivity contribution >= 4 is 21.6 Å². The van der Waals surface area contributed by atoms with Gasteiger partial charge in [-0.25, -0.2) is 23.2 Å². The van der Waals surface area contributed by atoms with Crippen LogP contribution in [0.3, 0.4) is 0 Å². The number of hydrogen-bond donors (Lipinski definition) is 2. The third-order valence-electron chi connectivity index (χ3n) is 6.00. The van der Waals surface area contributed by atoms with Crippen LogP contribution in [0.4, 0.5) is 14.9 Å². The zero-order valence-corrected chi connectivity index (χ0v) is 17.9. The summed E-state index contributed by atoms with van der Waals surface area (Å²) >= 11 is 0. The first-order chi connectivity index (χ1) is 14.9. The van der Waals surface area contributed by atoms with Crippen LogP contribution in [0, 0.1) is 0 Å². The van der Waals surface area contributed by atoms with Crippen LogP contribution >= 0.6 is 0 Å². The number of aryl methyl sites for hydroxylation is 1. The minimum Gasteiger partial charge on any atom is -0.469 e. The second kappa shape index (κ2) is 7.57. The number of nitrogens with two attached hydrogens (primary N) is 1. The Kier molecular flexibility index (Phi) is 4.98. The molecule has 2 aromatic rings. The summed E-state index contributed by atoms with van der Waals surface area (Å²) in [6.07, 6.45) is 3.35. The highest BCUT2D eigenvalue weighted by molar-refractivity contribution is 7.91. The number of benzene rings is 1. The van der Waals surface area contributed by atoms with Crippen molar-refractivity contribution in [3.05, 3.63) is 34.5 Å². The fourth-order valence-corrected chi connectivity index (χ4v) is 5.71. The number of alkyl halides is 1. The summed E-state index contributed by atoms with van der Waals surface area (Å²) in [5.41, 5.74) is 4.47. The number of nitrogens with one attached hydrogen (secondary N) is 1. The van der Waals surface area contributed by atoms with Crippen molar-refractivity contribution in [3.8, 4) is 5.88 Å². The molecule has 1 unspecified atom stereocenters. The number of carbonyl (C=O) groups excluding carboxylic acids is 1. The molecule has 9 nitrogen and oxygen atoms in total. The van der Waals surface area contributed by atoms with E-state index in [9.17, 15) is 13.4 Å². The van der Waals surface area contributed by atoms with Crippen LogP contribution in [0.1, 0.15) is 28.7 Å². The van der Waals surface area contributed by atoms with Gasteiger partial charge in [0.15, 0.2) is 9.92 Å². The maximum atomic E-state index is 14.1. The van der Waals surface area contributed by atoms with Crippen LogP contribution in [-0.4, -0.2) is 46.0 Å². The highest BCUT2D eigenvalue weighted by atomic mass is 32.2. The highest BCUT2D eigenvalue weighted by Gasteiger charge is 2.32. The van der Waals surface area contributed by atoms with Gasteiger partial charge in [0.05, 0.1) is 19.3 Å². The van der Waals surface area contributed by atoms with Crippen molar-refractivity contribution in [1.29, 1.82) is 0 Å². The Morgan fingerprint density at radius 1 is 1.42 bits per heavy atom. The molecule has 1 aromatic heterocycles. The number of ether oxygens (including phenoxy) is 2. The molecule has 166 valence electrons. The average molecular weight is 450 g/mol. The lowest BCUT2D eigenvalue weighted by Gasteiger charge is -2.15. The van der Waals surface area contributed by atoms with E-state index in [1.807, 2.05) is 0 Å². The first-order valence-corrected chi connectivity index (χ1v) is 11.8. The van der Waals surface area contributed by atoms with Crippen LogP contribution < -0.4 is 15.2 Å². The summed E-state index contributed by atoms with van der Waals surface area (Å²) in [6.45, 7) is 0.767. The Morgan fingerprint density at radius 3 is 3.06 bits per heavy atom. The van der Waals surface area contributed by atoms with Gasteiger partial charge >= 0.3 is 6.03 Å². The maximum Gasteiger partial charge on any atom is 0.354 e. The van der Waals surface area contributed by atoms with Crippen molar-refractivity contribution in [2.75, 3.05) is 19.0 Å². The van der Waals surface area contributed by atoms with Gasteiger partial charge in [0, 0.05) is 25.6 Å². The number of halogens is 1. The van der Waals surface area contributed by atoms with E-state index in [1.54, 1.807) is 7.11 Å². The molecule has 3 N–H and O–H groups in total. The minimum absolute atomic E-state index is 0.0635. The van der Waals surface area contributed by atoms with E-state index in [2.05, 4.69) is 20.8 Å². The summed E-state index contributed by atoms with van der Waals surface area (Å²) < 4.78 is 43.3. The predicted molar refractivity (Wildman–Crippen MR) is 111 cm³/mol. The van der Waals surface area contributed by atoms with Crippen molar-refractivity contribution in [2.24, 2.45) is 9.50 Å². The van der Waals surface area contributed by atoms with Crippen LogP contribution in [0.2, 0.25) is 0 Å². The normalized spacial score (nSPS) is 22.9. The first-order valence-electron chi connectivity index (χ1n) is 10.2. The number of anilines is 1. The number of fused-ring (bicyclic) bond motifs is 3. The van der Waals surface area contributed by atoms with Crippen molar-refractivity contribution in [1.82, 2.24) is 9.78 Å².